The molecule has 0 saturated heterocycles. The Morgan fingerprint density at radius 2 is 1.69 bits per heavy atom. The summed E-state index contributed by atoms with van der Waals surface area (Å²) in [6.45, 7) is 1.96. The Morgan fingerprint density at radius 3 is 2.38 bits per heavy atom. The van der Waals surface area contributed by atoms with Crippen molar-refractivity contribution in [2.45, 2.75) is 20.0 Å². The molecule has 0 fully saturated rings. The molecule has 0 spiro atoms. The van der Waals surface area contributed by atoms with Crippen molar-refractivity contribution in [2.75, 3.05) is 7.11 Å². The third-order valence-corrected chi connectivity index (χ3v) is 5.40. The summed E-state index contributed by atoms with van der Waals surface area (Å²) in [6.07, 6.45) is 0.00598. The second-order valence-electron chi connectivity index (χ2n) is 7.42. The smallest absolute Gasteiger partial charge is 0.310 e. The summed E-state index contributed by atoms with van der Waals surface area (Å²) in [5, 5.41) is 0.731. The van der Waals surface area contributed by atoms with Gasteiger partial charge in [-0.1, -0.05) is 30.3 Å². The van der Waals surface area contributed by atoms with Gasteiger partial charge in [0, 0.05) is 16.6 Å². The summed E-state index contributed by atoms with van der Waals surface area (Å²) in [4.78, 5) is 25.9. The van der Waals surface area contributed by atoms with E-state index in [0.717, 1.165) is 10.9 Å². The average Bonchev–Trinajstić information content (AvgIpc) is 3.08. The summed E-state index contributed by atoms with van der Waals surface area (Å²) in [6, 6.07) is 20.2. The molecule has 162 valence electrons. The first-order chi connectivity index (χ1) is 15.5. The fourth-order valence-corrected chi connectivity index (χ4v) is 3.73. The van der Waals surface area contributed by atoms with Crippen LogP contribution in [-0.4, -0.2) is 23.6 Å². The molecule has 3 aromatic carbocycles. The number of esters is 1. The van der Waals surface area contributed by atoms with Gasteiger partial charge in [0.05, 0.1) is 19.0 Å². The predicted octanol–water partition coefficient (Wildman–Crippen LogP) is 5.07. The molecule has 1 aromatic heterocycles. The van der Waals surface area contributed by atoms with Crippen LogP contribution in [0.1, 0.15) is 27.2 Å². The first kappa shape index (κ1) is 21.3. The van der Waals surface area contributed by atoms with E-state index < -0.39 is 11.8 Å². The number of nitrogens with zero attached hydrogens (tertiary/aromatic N) is 1. The zero-order chi connectivity index (χ0) is 22.7. The van der Waals surface area contributed by atoms with E-state index >= 15 is 0 Å². The zero-order valence-corrected chi connectivity index (χ0v) is 17.8. The molecule has 5 nitrogen and oxygen atoms in total. The van der Waals surface area contributed by atoms with Crippen LogP contribution in [0.4, 0.5) is 4.39 Å². The minimum Gasteiger partial charge on any atom is -0.497 e. The Balaban J connectivity index is 1.69. The van der Waals surface area contributed by atoms with Gasteiger partial charge in [0.2, 0.25) is 0 Å². The number of halogens is 1. The number of hydrogen-bond donors (Lipinski definition) is 0. The molecule has 0 saturated carbocycles. The number of hydrogen-bond acceptors (Lipinski definition) is 4. The Kier molecular flexibility index (Phi) is 6.03. The quantitative estimate of drug-likeness (QED) is 0.400. The van der Waals surface area contributed by atoms with Gasteiger partial charge < -0.3 is 9.47 Å². The molecule has 0 N–H and O–H groups in total. The molecule has 0 bridgehead atoms. The van der Waals surface area contributed by atoms with Gasteiger partial charge in [-0.15, -0.1) is 0 Å². The van der Waals surface area contributed by atoms with Crippen LogP contribution in [0, 0.1) is 12.7 Å². The lowest BCUT2D eigenvalue weighted by Crippen LogP contribution is -2.14. The van der Waals surface area contributed by atoms with Gasteiger partial charge in [-0.05, 0) is 60.5 Å². The number of rotatable bonds is 6. The van der Waals surface area contributed by atoms with Crippen molar-refractivity contribution < 1.29 is 23.5 Å². The Hall–Kier alpha value is -3.93. The second-order valence-corrected chi connectivity index (χ2v) is 7.42. The van der Waals surface area contributed by atoms with Gasteiger partial charge in [0.1, 0.15) is 18.2 Å². The lowest BCUT2D eigenvalue weighted by atomic mass is 10.1. The minimum atomic E-state index is -0.415. The third-order valence-electron chi connectivity index (χ3n) is 5.40. The van der Waals surface area contributed by atoms with Gasteiger partial charge in [-0.25, -0.2) is 4.39 Å². The van der Waals surface area contributed by atoms with Crippen LogP contribution in [0.2, 0.25) is 0 Å². The van der Waals surface area contributed by atoms with E-state index in [1.807, 2.05) is 30.3 Å². The van der Waals surface area contributed by atoms with E-state index in [-0.39, 0.29) is 18.9 Å². The van der Waals surface area contributed by atoms with Crippen LogP contribution in [0.5, 0.6) is 5.75 Å². The standard InChI is InChI=1S/C26H22FNO4/c1-17-22(15-25(29)32-16-18-6-4-3-5-7-18)23-14-21(31-2)12-13-24(23)28(17)26(30)19-8-10-20(27)11-9-19/h3-14H,15-16H2,1-2H3. The number of fused-ring (bicyclic) bond motifs is 1. The Labute approximate surface area is 185 Å². The summed E-state index contributed by atoms with van der Waals surface area (Å²) in [5.41, 5.74) is 3.20. The van der Waals surface area contributed by atoms with E-state index in [9.17, 15) is 14.0 Å². The molecule has 6 heteroatoms. The molecule has 0 amide bonds. The maximum atomic E-state index is 13.3. The van der Waals surface area contributed by atoms with Crippen molar-refractivity contribution in [1.29, 1.82) is 0 Å². The van der Waals surface area contributed by atoms with Gasteiger partial charge >= 0.3 is 5.97 Å². The number of aromatic nitrogens is 1. The number of benzene rings is 3. The normalized spacial score (nSPS) is 10.8. The molecule has 32 heavy (non-hydrogen) atoms. The lowest BCUT2D eigenvalue weighted by molar-refractivity contribution is -0.144. The number of carbonyl (C=O) groups is 2. The average molecular weight is 431 g/mol. The zero-order valence-electron chi connectivity index (χ0n) is 17.8. The highest BCUT2D eigenvalue weighted by atomic mass is 19.1. The summed E-state index contributed by atoms with van der Waals surface area (Å²) in [5.74, 6) is -0.500. The van der Waals surface area contributed by atoms with E-state index in [0.29, 0.717) is 28.1 Å². The van der Waals surface area contributed by atoms with E-state index in [4.69, 9.17) is 9.47 Å². The van der Waals surface area contributed by atoms with Crippen LogP contribution in [-0.2, 0) is 22.6 Å². The molecule has 0 atom stereocenters. The molecule has 4 aromatic rings. The lowest BCUT2D eigenvalue weighted by Gasteiger charge is -2.08. The second kappa shape index (κ2) is 9.06. The Bertz CT molecular complexity index is 1280. The van der Waals surface area contributed by atoms with E-state index in [2.05, 4.69) is 0 Å². The van der Waals surface area contributed by atoms with Crippen molar-refractivity contribution in [1.82, 2.24) is 4.57 Å². The van der Waals surface area contributed by atoms with Crippen molar-refractivity contribution in [3.8, 4) is 5.75 Å². The monoisotopic (exact) mass is 431 g/mol. The number of ether oxygens (including phenoxy) is 2. The minimum absolute atomic E-state index is 0.00598. The molecule has 0 aliphatic heterocycles. The first-order valence-corrected chi connectivity index (χ1v) is 10.2. The van der Waals surface area contributed by atoms with Crippen molar-refractivity contribution in [2.24, 2.45) is 0 Å². The SMILES string of the molecule is COc1ccc2c(c1)c(CC(=O)OCc1ccccc1)c(C)n2C(=O)c1ccc(F)cc1. The number of methoxy groups -OCH3 is 1. The maximum Gasteiger partial charge on any atom is 0.310 e. The summed E-state index contributed by atoms with van der Waals surface area (Å²) < 4.78 is 25.7. The van der Waals surface area contributed by atoms with Crippen LogP contribution >= 0.6 is 0 Å². The van der Waals surface area contributed by atoms with Gasteiger partial charge in [-0.2, -0.15) is 0 Å². The van der Waals surface area contributed by atoms with E-state index in [1.165, 1.54) is 24.3 Å². The first-order valence-electron chi connectivity index (χ1n) is 10.2. The van der Waals surface area contributed by atoms with Crippen LogP contribution in [0.25, 0.3) is 10.9 Å². The summed E-state index contributed by atoms with van der Waals surface area (Å²) >= 11 is 0. The highest BCUT2D eigenvalue weighted by molar-refractivity contribution is 6.05. The van der Waals surface area contributed by atoms with Crippen molar-refractivity contribution in [3.63, 3.8) is 0 Å². The van der Waals surface area contributed by atoms with E-state index in [1.54, 1.807) is 36.8 Å². The highest BCUT2D eigenvalue weighted by Gasteiger charge is 2.22. The van der Waals surface area contributed by atoms with Crippen molar-refractivity contribution >= 4 is 22.8 Å². The highest BCUT2D eigenvalue weighted by Crippen LogP contribution is 2.31. The van der Waals surface area contributed by atoms with Crippen molar-refractivity contribution in [3.05, 3.63) is 101 Å². The molecule has 1 heterocycles. The van der Waals surface area contributed by atoms with Gasteiger partial charge in [0.25, 0.3) is 5.91 Å². The molecule has 0 radical (unpaired) electrons. The third kappa shape index (κ3) is 4.25. The van der Waals surface area contributed by atoms with Crippen LogP contribution in [0.15, 0.2) is 72.8 Å². The fraction of sp³-hybridized carbons (Fsp3) is 0.154. The molecule has 0 aliphatic rings. The topological polar surface area (TPSA) is 57.5 Å². The fourth-order valence-electron chi connectivity index (χ4n) is 3.73. The molecular formula is C26H22FNO4. The Morgan fingerprint density at radius 1 is 0.969 bits per heavy atom. The predicted molar refractivity (Wildman–Crippen MR) is 119 cm³/mol. The maximum absolute atomic E-state index is 13.3. The van der Waals surface area contributed by atoms with Gasteiger partial charge in [0.15, 0.2) is 0 Å². The van der Waals surface area contributed by atoms with Crippen LogP contribution in [0.3, 0.4) is 0 Å². The van der Waals surface area contributed by atoms with Crippen LogP contribution < -0.4 is 4.74 Å². The summed E-state index contributed by atoms with van der Waals surface area (Å²) in [7, 11) is 1.56. The molecular weight excluding hydrogens is 409 g/mol. The van der Waals surface area contributed by atoms with Gasteiger partial charge in [-0.3, -0.25) is 14.2 Å². The molecule has 0 unspecified atom stereocenters. The molecule has 4 rings (SSSR count). The number of carbonyl (C=O) groups excluding carboxylic acids is 2. The molecule has 0 aliphatic carbocycles. The largest absolute Gasteiger partial charge is 0.497 e.